The first-order valence-electron chi connectivity index (χ1n) is 18.5. The van der Waals surface area contributed by atoms with Crippen LogP contribution >= 0.6 is 0 Å². The fraction of sp³-hybridized carbons (Fsp3) is 0.622. The van der Waals surface area contributed by atoms with E-state index in [1.54, 1.807) is 39.2 Å². The van der Waals surface area contributed by atoms with Crippen LogP contribution in [0.5, 0.6) is 11.6 Å². The highest BCUT2D eigenvalue weighted by Crippen LogP contribution is 2.47. The van der Waals surface area contributed by atoms with Gasteiger partial charge in [-0.2, -0.15) is 0 Å². The van der Waals surface area contributed by atoms with Gasteiger partial charge < -0.3 is 29.7 Å². The van der Waals surface area contributed by atoms with Crippen LogP contribution in [0.1, 0.15) is 90.2 Å². The number of ether oxygens (including phenoxy) is 3. The van der Waals surface area contributed by atoms with Gasteiger partial charge in [0.2, 0.25) is 27.7 Å². The Balaban J connectivity index is 1.18. The molecule has 2 aliphatic heterocycles. The number of carbonyl (C=O) groups excluding carboxylic acids is 4. The van der Waals surface area contributed by atoms with Crippen LogP contribution in [-0.4, -0.2) is 94.8 Å². The molecule has 0 bridgehead atoms. The van der Waals surface area contributed by atoms with E-state index in [-0.39, 0.29) is 25.3 Å². The molecule has 1 aromatic carbocycles. The van der Waals surface area contributed by atoms with Gasteiger partial charge >= 0.3 is 6.09 Å². The fourth-order valence-electron chi connectivity index (χ4n) is 7.12. The minimum Gasteiger partial charge on any atom is -0.497 e. The summed E-state index contributed by atoms with van der Waals surface area (Å²) in [4.78, 5) is 66.3. The van der Waals surface area contributed by atoms with E-state index in [2.05, 4.69) is 25.3 Å². The fourth-order valence-corrected chi connectivity index (χ4v) is 8.43. The zero-order chi connectivity index (χ0) is 37.8. The monoisotopic (exact) mass is 752 g/mol. The summed E-state index contributed by atoms with van der Waals surface area (Å²) in [5.41, 5.74) is -0.390. The van der Waals surface area contributed by atoms with E-state index in [0.717, 1.165) is 25.7 Å². The van der Waals surface area contributed by atoms with Crippen molar-refractivity contribution >= 4 is 44.9 Å². The second-order valence-corrected chi connectivity index (χ2v) is 17.9. The molecular formula is C37H48N6O9S. The number of methoxy groups -OCH3 is 1. The van der Waals surface area contributed by atoms with Crippen LogP contribution in [0.2, 0.25) is 0 Å². The lowest BCUT2D eigenvalue weighted by Crippen LogP contribution is -2.58. The Morgan fingerprint density at radius 1 is 1.04 bits per heavy atom. The van der Waals surface area contributed by atoms with Crippen molar-refractivity contribution in [1.82, 2.24) is 30.2 Å². The van der Waals surface area contributed by atoms with Gasteiger partial charge in [0.15, 0.2) is 0 Å². The molecule has 3 aliphatic carbocycles. The Morgan fingerprint density at radius 2 is 1.81 bits per heavy atom. The number of nitrogens with one attached hydrogen (secondary N) is 3. The molecule has 0 spiro atoms. The number of nitrogens with zero attached hydrogens (tertiary/aromatic N) is 3. The Morgan fingerprint density at radius 3 is 2.53 bits per heavy atom. The van der Waals surface area contributed by atoms with Gasteiger partial charge in [0.25, 0.3) is 5.91 Å². The van der Waals surface area contributed by atoms with Gasteiger partial charge in [0, 0.05) is 18.4 Å². The van der Waals surface area contributed by atoms with Gasteiger partial charge in [-0.25, -0.2) is 23.2 Å². The van der Waals surface area contributed by atoms with E-state index < -0.39 is 73.8 Å². The third-order valence-corrected chi connectivity index (χ3v) is 13.5. The summed E-state index contributed by atoms with van der Waals surface area (Å²) < 4.78 is 44.8. The number of fused-ring (bicyclic) bond motifs is 3. The first kappa shape index (κ1) is 36.9. The lowest BCUT2D eigenvalue weighted by atomic mass is 10.0. The average molecular weight is 753 g/mol. The van der Waals surface area contributed by atoms with E-state index in [1.165, 1.54) is 4.90 Å². The van der Waals surface area contributed by atoms with Crippen LogP contribution in [0.15, 0.2) is 30.4 Å². The lowest BCUT2D eigenvalue weighted by molar-refractivity contribution is -0.141. The first-order valence-corrected chi connectivity index (χ1v) is 20.0. The molecule has 7 rings (SSSR count). The normalized spacial score (nSPS) is 29.6. The summed E-state index contributed by atoms with van der Waals surface area (Å²) in [6, 6.07) is 3.21. The molecule has 4 amide bonds. The van der Waals surface area contributed by atoms with Crippen LogP contribution in [0.4, 0.5) is 4.79 Å². The number of aryl methyl sites for hydroxylation is 1. The maximum Gasteiger partial charge on any atom is 0.408 e. The summed E-state index contributed by atoms with van der Waals surface area (Å²) in [7, 11) is -2.43. The van der Waals surface area contributed by atoms with Crippen LogP contribution in [0.3, 0.4) is 0 Å². The zero-order valence-corrected chi connectivity index (χ0v) is 31.4. The van der Waals surface area contributed by atoms with Crippen molar-refractivity contribution in [2.75, 3.05) is 13.7 Å². The number of benzene rings is 1. The van der Waals surface area contributed by atoms with Crippen molar-refractivity contribution in [3.8, 4) is 11.6 Å². The van der Waals surface area contributed by atoms with Crippen LogP contribution in [0.25, 0.3) is 11.0 Å². The summed E-state index contributed by atoms with van der Waals surface area (Å²) in [6.45, 7) is 5.16. The highest BCUT2D eigenvalue weighted by molar-refractivity contribution is 7.91. The second-order valence-electron chi connectivity index (χ2n) is 15.7. The predicted molar refractivity (Wildman–Crippen MR) is 192 cm³/mol. The Hall–Kier alpha value is -4.47. The van der Waals surface area contributed by atoms with Crippen molar-refractivity contribution in [2.24, 2.45) is 5.92 Å². The van der Waals surface area contributed by atoms with Crippen molar-refractivity contribution in [3.63, 3.8) is 0 Å². The minimum atomic E-state index is -3.98. The van der Waals surface area contributed by atoms with Crippen molar-refractivity contribution < 1.29 is 41.8 Å². The van der Waals surface area contributed by atoms with Gasteiger partial charge in [0.1, 0.15) is 40.8 Å². The Kier molecular flexibility index (Phi) is 9.56. The first-order chi connectivity index (χ1) is 25.1. The molecule has 0 radical (unpaired) electrons. The number of allylic oxidation sites excluding steroid dienone is 1. The highest BCUT2D eigenvalue weighted by atomic mass is 32.2. The van der Waals surface area contributed by atoms with Crippen LogP contribution in [-0.2, 0) is 29.1 Å². The standard InChI is InChI=1S/C37H48N6O9S/c1-22-31(39-28-18-24(50-4)12-13-26(28)38-22)51-25-19-29-30(44)41-37(33(46)42-53(48,49)36(3)16-17-36)20-23(37)10-8-6-5-7-9-11-27(32(45)43(29)21-25)40-34(47)52-35(2)14-15-35/h8,10,12-13,18,23,25,27,29H,5-7,9,11,14-17,19-21H2,1-4H3,(H,40,47)(H,41,44)(H,42,46)/b10-8-/t23?,25-,27+,29+,37-/m1/s1. The quantitative estimate of drug-likeness (QED) is 0.335. The number of rotatable bonds is 8. The van der Waals surface area contributed by atoms with Crippen LogP contribution < -0.4 is 24.8 Å². The average Bonchev–Trinajstić information content (AvgIpc) is 4.07. The van der Waals surface area contributed by atoms with E-state index in [0.29, 0.717) is 54.6 Å². The van der Waals surface area contributed by atoms with Gasteiger partial charge in [-0.3, -0.25) is 19.1 Å². The third kappa shape index (κ3) is 7.64. The van der Waals surface area contributed by atoms with E-state index in [4.69, 9.17) is 14.2 Å². The molecule has 3 heterocycles. The molecule has 1 unspecified atom stereocenters. The summed E-state index contributed by atoms with van der Waals surface area (Å²) >= 11 is 0. The lowest BCUT2D eigenvalue weighted by Gasteiger charge is -2.30. The van der Waals surface area contributed by atoms with Gasteiger partial charge in [-0.15, -0.1) is 0 Å². The molecule has 2 aromatic rings. The molecule has 1 aromatic heterocycles. The molecule has 15 nitrogen and oxygen atoms in total. The molecule has 5 atom stereocenters. The molecule has 286 valence electrons. The molecule has 16 heteroatoms. The molecule has 3 N–H and O–H groups in total. The number of hydrogen-bond acceptors (Lipinski definition) is 11. The molecular weight excluding hydrogens is 705 g/mol. The summed E-state index contributed by atoms with van der Waals surface area (Å²) in [5, 5.41) is 5.65. The van der Waals surface area contributed by atoms with Crippen molar-refractivity contribution in [1.29, 1.82) is 0 Å². The van der Waals surface area contributed by atoms with Crippen molar-refractivity contribution in [3.05, 3.63) is 36.0 Å². The molecule has 4 fully saturated rings. The number of carbonyl (C=O) groups is 4. The van der Waals surface area contributed by atoms with Gasteiger partial charge in [-0.05, 0) is 84.3 Å². The molecule has 53 heavy (non-hydrogen) atoms. The van der Waals surface area contributed by atoms with Gasteiger partial charge in [-0.1, -0.05) is 25.0 Å². The summed E-state index contributed by atoms with van der Waals surface area (Å²) in [5.74, 6) is -1.52. The largest absolute Gasteiger partial charge is 0.497 e. The molecule has 3 saturated carbocycles. The Bertz CT molecular complexity index is 1960. The summed E-state index contributed by atoms with van der Waals surface area (Å²) in [6.07, 6.45) is 8.23. The molecule has 5 aliphatic rings. The number of hydrogen-bond donors (Lipinski definition) is 3. The minimum absolute atomic E-state index is 0.0195. The number of sulfonamides is 1. The number of alkyl carbamates (subject to hydrolysis) is 1. The van der Waals surface area contributed by atoms with Gasteiger partial charge in [0.05, 0.1) is 29.4 Å². The van der Waals surface area contributed by atoms with Crippen molar-refractivity contribution in [2.45, 2.75) is 125 Å². The number of aromatic nitrogens is 2. The topological polar surface area (TPSA) is 195 Å². The maximum absolute atomic E-state index is 14.5. The third-order valence-electron chi connectivity index (χ3n) is 11.3. The van der Waals surface area contributed by atoms with E-state index in [1.807, 2.05) is 19.1 Å². The highest BCUT2D eigenvalue weighted by Gasteiger charge is 2.63. The van der Waals surface area contributed by atoms with E-state index in [9.17, 15) is 27.6 Å². The van der Waals surface area contributed by atoms with Crippen LogP contribution in [0, 0.1) is 12.8 Å². The van der Waals surface area contributed by atoms with E-state index >= 15 is 0 Å². The second kappa shape index (κ2) is 13.7. The maximum atomic E-state index is 14.5. The SMILES string of the molecule is COc1ccc2nc(C)c(O[C@@H]3C[C@H]4C(=O)N[C@]5(C(=O)NS(=O)(=O)C6(C)CC6)CC5/C=C\CCCCC[C@H](NC(=O)OC5(C)CC5)C(=O)N4C3)nc2c1. The zero-order valence-electron chi connectivity index (χ0n) is 30.6. The predicted octanol–water partition coefficient (Wildman–Crippen LogP) is 3.34. The smallest absolute Gasteiger partial charge is 0.408 e. The number of amides is 4. The Labute approximate surface area is 309 Å². The molecule has 1 saturated heterocycles.